The van der Waals surface area contributed by atoms with E-state index in [0.29, 0.717) is 19.3 Å². The second kappa shape index (κ2) is 15.6. The van der Waals surface area contributed by atoms with Crippen molar-refractivity contribution in [3.63, 3.8) is 0 Å². The van der Waals surface area contributed by atoms with Gasteiger partial charge in [0, 0.05) is 19.8 Å². The van der Waals surface area contributed by atoms with Crippen LogP contribution >= 0.6 is 0 Å². The molecule has 0 aliphatic rings. The lowest BCUT2D eigenvalue weighted by atomic mass is 10.3. The Labute approximate surface area is 61.1 Å². The van der Waals surface area contributed by atoms with Crippen LogP contribution in [0.15, 0.2) is 0 Å². The Bertz CT molecular complexity index is 151. The molecule has 0 radical (unpaired) electrons. The Balaban J connectivity index is 0. The standard InChI is InChI=1S/C5H6N2.C2H3N/c6-4-2-1-3-5-7;1-2-3/h1-3H2;1H3. The maximum absolute atomic E-state index is 7.93. The Morgan fingerprint density at radius 1 is 1.00 bits per heavy atom. The van der Waals surface area contributed by atoms with Crippen molar-refractivity contribution in [3.05, 3.63) is 0 Å². The van der Waals surface area contributed by atoms with E-state index in [9.17, 15) is 0 Å². The van der Waals surface area contributed by atoms with Crippen LogP contribution < -0.4 is 0 Å². The molecule has 0 saturated heterocycles. The van der Waals surface area contributed by atoms with Gasteiger partial charge in [-0.05, 0) is 6.42 Å². The first kappa shape index (κ1) is 11.3. The Morgan fingerprint density at radius 2 is 1.30 bits per heavy atom. The van der Waals surface area contributed by atoms with Crippen LogP contribution in [-0.4, -0.2) is 0 Å². The summed E-state index contributed by atoms with van der Waals surface area (Å²) in [7, 11) is 0. The highest BCUT2D eigenvalue weighted by atomic mass is 14.2. The lowest BCUT2D eigenvalue weighted by Crippen LogP contribution is -1.65. The summed E-state index contributed by atoms with van der Waals surface area (Å²) in [4.78, 5) is 0. The zero-order valence-corrected chi connectivity index (χ0v) is 5.96. The summed E-state index contributed by atoms with van der Waals surface area (Å²) in [6.07, 6.45) is 1.73. The molecular weight excluding hydrogens is 126 g/mol. The molecular formula is C7H9N3. The van der Waals surface area contributed by atoms with E-state index in [-0.39, 0.29) is 0 Å². The maximum Gasteiger partial charge on any atom is 0.0622 e. The quantitative estimate of drug-likeness (QED) is 0.541. The molecule has 0 fully saturated rings. The highest BCUT2D eigenvalue weighted by molar-refractivity contribution is 4.74. The number of hydrogen-bond acceptors (Lipinski definition) is 3. The Hall–Kier alpha value is -1.53. The zero-order valence-electron chi connectivity index (χ0n) is 5.96. The normalized spacial score (nSPS) is 5.40. The zero-order chi connectivity index (χ0) is 8.24. The van der Waals surface area contributed by atoms with Crippen LogP contribution in [0.1, 0.15) is 26.2 Å². The third kappa shape index (κ3) is 31.7. The van der Waals surface area contributed by atoms with Gasteiger partial charge in [0.05, 0.1) is 18.2 Å². The third-order valence-electron chi connectivity index (χ3n) is 0.577. The molecule has 0 aromatic rings. The van der Waals surface area contributed by atoms with Crippen molar-refractivity contribution >= 4 is 0 Å². The molecule has 0 spiro atoms. The van der Waals surface area contributed by atoms with Gasteiger partial charge in [-0.2, -0.15) is 15.8 Å². The molecule has 0 amide bonds. The molecule has 3 nitrogen and oxygen atoms in total. The van der Waals surface area contributed by atoms with Crippen molar-refractivity contribution in [2.24, 2.45) is 0 Å². The summed E-state index contributed by atoms with van der Waals surface area (Å²) in [5.41, 5.74) is 0. The molecule has 0 N–H and O–H groups in total. The minimum atomic E-state index is 0.508. The number of unbranched alkanes of at least 4 members (excludes halogenated alkanes) is 2. The van der Waals surface area contributed by atoms with Crippen LogP contribution in [0.25, 0.3) is 0 Å². The van der Waals surface area contributed by atoms with Gasteiger partial charge >= 0.3 is 0 Å². The highest BCUT2D eigenvalue weighted by Crippen LogP contribution is 1.88. The van der Waals surface area contributed by atoms with Crippen molar-refractivity contribution in [2.75, 3.05) is 0 Å². The van der Waals surface area contributed by atoms with E-state index in [1.807, 2.05) is 12.1 Å². The van der Waals surface area contributed by atoms with Crippen molar-refractivity contribution in [3.8, 4) is 18.2 Å². The summed E-state index contributed by atoms with van der Waals surface area (Å²) < 4.78 is 0. The fourth-order valence-corrected chi connectivity index (χ4v) is 0.247. The molecule has 0 saturated carbocycles. The second-order valence-corrected chi connectivity index (χ2v) is 1.39. The molecule has 0 heterocycles. The fraction of sp³-hybridized carbons (Fsp3) is 0.571. The SMILES string of the molecule is CC#N.N#CCCCC#N. The molecule has 0 aliphatic heterocycles. The first-order chi connectivity index (χ1) is 4.83. The molecule has 3 heteroatoms. The summed E-state index contributed by atoms with van der Waals surface area (Å²) >= 11 is 0. The van der Waals surface area contributed by atoms with E-state index >= 15 is 0 Å². The van der Waals surface area contributed by atoms with Gasteiger partial charge in [-0.3, -0.25) is 0 Å². The minimum absolute atomic E-state index is 0.508. The van der Waals surface area contributed by atoms with Gasteiger partial charge in [0.2, 0.25) is 0 Å². The van der Waals surface area contributed by atoms with Crippen LogP contribution in [0.2, 0.25) is 0 Å². The van der Waals surface area contributed by atoms with Crippen LogP contribution in [0, 0.1) is 34.0 Å². The molecule has 0 aromatic carbocycles. The lowest BCUT2D eigenvalue weighted by Gasteiger charge is -1.75. The number of rotatable bonds is 2. The smallest absolute Gasteiger partial charge is 0.0622 e. The predicted molar refractivity (Wildman–Crippen MR) is 36.4 cm³/mol. The minimum Gasteiger partial charge on any atom is -0.199 e. The third-order valence-corrected chi connectivity index (χ3v) is 0.577. The van der Waals surface area contributed by atoms with Gasteiger partial charge in [0.25, 0.3) is 0 Å². The van der Waals surface area contributed by atoms with Gasteiger partial charge in [-0.15, -0.1) is 0 Å². The average Bonchev–Trinajstić information content (AvgIpc) is 1.91. The number of hydrogen-bond donors (Lipinski definition) is 0. The van der Waals surface area contributed by atoms with E-state index < -0.39 is 0 Å². The largest absolute Gasteiger partial charge is 0.199 e. The molecule has 0 aromatic heterocycles. The summed E-state index contributed by atoms with van der Waals surface area (Å²) in [6.45, 7) is 1.43. The van der Waals surface area contributed by atoms with Gasteiger partial charge in [-0.25, -0.2) is 0 Å². The van der Waals surface area contributed by atoms with E-state index in [1.165, 1.54) is 6.92 Å². The van der Waals surface area contributed by atoms with E-state index in [0.717, 1.165) is 0 Å². The lowest BCUT2D eigenvalue weighted by molar-refractivity contribution is 0.885. The highest BCUT2D eigenvalue weighted by Gasteiger charge is 1.79. The van der Waals surface area contributed by atoms with Gasteiger partial charge < -0.3 is 0 Å². The van der Waals surface area contributed by atoms with Gasteiger partial charge in [0.15, 0.2) is 0 Å². The Kier molecular flexibility index (Phi) is 17.7. The molecule has 0 atom stereocenters. The molecule has 52 valence electrons. The first-order valence-electron chi connectivity index (χ1n) is 2.88. The topological polar surface area (TPSA) is 71.4 Å². The fourth-order valence-electron chi connectivity index (χ4n) is 0.247. The first-order valence-corrected chi connectivity index (χ1v) is 2.88. The van der Waals surface area contributed by atoms with Crippen molar-refractivity contribution in [1.82, 2.24) is 0 Å². The van der Waals surface area contributed by atoms with Gasteiger partial charge in [-0.1, -0.05) is 0 Å². The van der Waals surface area contributed by atoms with Gasteiger partial charge in [0.1, 0.15) is 0 Å². The van der Waals surface area contributed by atoms with E-state index in [4.69, 9.17) is 15.8 Å². The molecule has 0 unspecified atom stereocenters. The van der Waals surface area contributed by atoms with E-state index in [1.54, 1.807) is 6.07 Å². The Morgan fingerprint density at radius 3 is 1.50 bits per heavy atom. The predicted octanol–water partition coefficient (Wildman–Crippen LogP) is 1.73. The van der Waals surface area contributed by atoms with Crippen molar-refractivity contribution in [1.29, 1.82) is 15.8 Å². The molecule has 0 aliphatic carbocycles. The monoisotopic (exact) mass is 135 g/mol. The van der Waals surface area contributed by atoms with Crippen LogP contribution in [0.3, 0.4) is 0 Å². The van der Waals surface area contributed by atoms with Crippen LogP contribution in [0.4, 0.5) is 0 Å². The molecule has 10 heavy (non-hydrogen) atoms. The molecule has 0 bridgehead atoms. The number of nitriles is 3. The second-order valence-electron chi connectivity index (χ2n) is 1.39. The molecule has 0 rings (SSSR count). The summed E-state index contributed by atoms with van der Waals surface area (Å²) in [6, 6.07) is 5.65. The van der Waals surface area contributed by atoms with Crippen molar-refractivity contribution in [2.45, 2.75) is 26.2 Å². The van der Waals surface area contributed by atoms with Crippen LogP contribution in [-0.2, 0) is 0 Å². The average molecular weight is 135 g/mol. The summed E-state index contributed by atoms with van der Waals surface area (Å²) in [5.74, 6) is 0. The summed E-state index contributed by atoms with van der Waals surface area (Å²) in [5, 5.41) is 23.2. The van der Waals surface area contributed by atoms with E-state index in [2.05, 4.69) is 0 Å². The van der Waals surface area contributed by atoms with Crippen molar-refractivity contribution < 1.29 is 0 Å². The maximum atomic E-state index is 7.93. The van der Waals surface area contributed by atoms with Crippen LogP contribution in [0.5, 0.6) is 0 Å². The number of nitrogens with zero attached hydrogens (tertiary/aromatic N) is 3.